The lowest BCUT2D eigenvalue weighted by Crippen LogP contribution is -2.44. The van der Waals surface area contributed by atoms with Crippen LogP contribution in [0.4, 0.5) is 5.69 Å². The van der Waals surface area contributed by atoms with E-state index in [1.807, 2.05) is 41.2 Å². The second kappa shape index (κ2) is 8.87. The lowest BCUT2D eigenvalue weighted by atomic mass is 9.93. The van der Waals surface area contributed by atoms with E-state index in [9.17, 15) is 8.42 Å². The molecule has 5 rings (SSSR count). The van der Waals surface area contributed by atoms with Gasteiger partial charge in [-0.1, -0.05) is 19.1 Å². The molecule has 1 aromatic heterocycles. The summed E-state index contributed by atoms with van der Waals surface area (Å²) in [6.45, 7) is 4.57. The molecule has 2 fully saturated rings. The lowest BCUT2D eigenvalue weighted by Gasteiger charge is -2.38. The molecule has 2 aliphatic rings. The highest BCUT2D eigenvalue weighted by molar-refractivity contribution is 7.92. The van der Waals surface area contributed by atoms with Crippen LogP contribution in [-0.2, 0) is 27.7 Å². The highest BCUT2D eigenvalue weighted by Crippen LogP contribution is 2.35. The van der Waals surface area contributed by atoms with Gasteiger partial charge in [0.1, 0.15) is 0 Å². The largest absolute Gasteiger partial charge is 0.381 e. The van der Waals surface area contributed by atoms with Gasteiger partial charge in [-0.2, -0.15) is 5.10 Å². The molecule has 2 aromatic carbocycles. The normalized spacial score (nSPS) is 18.0. The van der Waals surface area contributed by atoms with E-state index in [0.717, 1.165) is 74.9 Å². The molecular formula is C25H31N3O3S. The van der Waals surface area contributed by atoms with Gasteiger partial charge in [-0.05, 0) is 80.3 Å². The van der Waals surface area contributed by atoms with Gasteiger partial charge in [-0.15, -0.1) is 0 Å². The maximum Gasteiger partial charge on any atom is 0.264 e. The van der Waals surface area contributed by atoms with E-state index in [4.69, 9.17) is 4.74 Å². The van der Waals surface area contributed by atoms with E-state index < -0.39 is 10.0 Å². The molecule has 1 aliphatic carbocycles. The molecular weight excluding hydrogens is 422 g/mol. The van der Waals surface area contributed by atoms with Gasteiger partial charge < -0.3 is 4.74 Å². The number of ether oxygens (including phenoxy) is 1. The molecule has 0 spiro atoms. The van der Waals surface area contributed by atoms with Crippen LogP contribution in [0.3, 0.4) is 0 Å². The quantitative estimate of drug-likeness (QED) is 0.517. The standard InChI is InChI=1S/C25H31N3O3S/c1-2-19-6-8-23(9-7-19)28(22-4-3-5-22)32(29,30)24-10-11-25-21(16-24)18-27(26-25)17-20-12-14-31-15-13-20/h6-11,16,18,20,22H,2-5,12-15,17H2,1H3. The number of sulfonamides is 1. The number of anilines is 1. The molecule has 1 saturated heterocycles. The SMILES string of the molecule is CCc1ccc(N(C2CCC2)S(=O)(=O)c2ccc3nn(CC4CCOCC4)cc3c2)cc1. The summed E-state index contributed by atoms with van der Waals surface area (Å²) >= 11 is 0. The molecule has 170 valence electrons. The van der Waals surface area contributed by atoms with Gasteiger partial charge in [-0.25, -0.2) is 8.42 Å². The van der Waals surface area contributed by atoms with Crippen LogP contribution < -0.4 is 4.31 Å². The summed E-state index contributed by atoms with van der Waals surface area (Å²) in [5.41, 5.74) is 2.79. The molecule has 1 saturated carbocycles. The molecule has 6 nitrogen and oxygen atoms in total. The minimum Gasteiger partial charge on any atom is -0.381 e. The summed E-state index contributed by atoms with van der Waals surface area (Å²) in [6.07, 6.45) is 7.88. The van der Waals surface area contributed by atoms with Crippen LogP contribution in [0.25, 0.3) is 10.9 Å². The Bertz CT molecular complexity index is 1180. The van der Waals surface area contributed by atoms with Crippen molar-refractivity contribution < 1.29 is 13.2 Å². The average Bonchev–Trinajstić information content (AvgIpc) is 3.18. The minimum absolute atomic E-state index is 0.0272. The average molecular weight is 454 g/mol. The molecule has 32 heavy (non-hydrogen) atoms. The number of fused-ring (bicyclic) bond motifs is 1. The third kappa shape index (κ3) is 4.16. The van der Waals surface area contributed by atoms with Crippen molar-refractivity contribution in [3.05, 3.63) is 54.2 Å². The third-order valence-electron chi connectivity index (χ3n) is 6.87. The monoisotopic (exact) mass is 453 g/mol. The first kappa shape index (κ1) is 21.5. The van der Waals surface area contributed by atoms with Crippen LogP contribution in [0.2, 0.25) is 0 Å². The molecule has 0 N–H and O–H groups in total. The molecule has 0 atom stereocenters. The van der Waals surface area contributed by atoms with Crippen molar-refractivity contribution in [3.8, 4) is 0 Å². The predicted molar refractivity (Wildman–Crippen MR) is 126 cm³/mol. The highest BCUT2D eigenvalue weighted by atomic mass is 32.2. The molecule has 7 heteroatoms. The molecule has 0 bridgehead atoms. The fourth-order valence-corrected chi connectivity index (χ4v) is 6.41. The van der Waals surface area contributed by atoms with Crippen molar-refractivity contribution in [2.24, 2.45) is 5.92 Å². The van der Waals surface area contributed by atoms with Crippen molar-refractivity contribution >= 4 is 26.6 Å². The van der Waals surface area contributed by atoms with Gasteiger partial charge in [0.2, 0.25) is 0 Å². The van der Waals surface area contributed by atoms with E-state index in [2.05, 4.69) is 12.0 Å². The Hall–Kier alpha value is -2.38. The number of hydrogen-bond donors (Lipinski definition) is 0. The number of nitrogens with zero attached hydrogens (tertiary/aromatic N) is 3. The zero-order valence-corrected chi connectivity index (χ0v) is 19.4. The summed E-state index contributed by atoms with van der Waals surface area (Å²) < 4.78 is 36.6. The molecule has 0 radical (unpaired) electrons. The smallest absolute Gasteiger partial charge is 0.264 e. The molecule has 0 amide bonds. The van der Waals surface area contributed by atoms with E-state index in [1.165, 1.54) is 5.56 Å². The Morgan fingerprint density at radius 1 is 1.06 bits per heavy atom. The van der Waals surface area contributed by atoms with Crippen LogP contribution in [0.1, 0.15) is 44.6 Å². The van der Waals surface area contributed by atoms with Crippen LogP contribution in [0, 0.1) is 5.92 Å². The predicted octanol–water partition coefficient (Wildman–Crippen LogP) is 4.77. The minimum atomic E-state index is -3.66. The zero-order chi connectivity index (χ0) is 22.1. The number of benzene rings is 2. The summed E-state index contributed by atoms with van der Waals surface area (Å²) in [6, 6.07) is 13.3. The first-order chi connectivity index (χ1) is 15.5. The van der Waals surface area contributed by atoms with Gasteiger partial charge >= 0.3 is 0 Å². The summed E-state index contributed by atoms with van der Waals surface area (Å²) in [7, 11) is -3.66. The van der Waals surface area contributed by atoms with Crippen molar-refractivity contribution in [1.82, 2.24) is 9.78 Å². The highest BCUT2D eigenvalue weighted by Gasteiger charge is 2.35. The Balaban J connectivity index is 1.45. The topological polar surface area (TPSA) is 64.4 Å². The van der Waals surface area contributed by atoms with Gasteiger partial charge in [0.05, 0.1) is 16.1 Å². The summed E-state index contributed by atoms with van der Waals surface area (Å²) in [4.78, 5) is 0.335. The van der Waals surface area contributed by atoms with Crippen LogP contribution in [-0.4, -0.2) is 37.5 Å². The van der Waals surface area contributed by atoms with E-state index in [1.54, 1.807) is 16.4 Å². The van der Waals surface area contributed by atoms with Crippen LogP contribution in [0.5, 0.6) is 0 Å². The Morgan fingerprint density at radius 3 is 2.47 bits per heavy atom. The third-order valence-corrected chi connectivity index (χ3v) is 8.75. The Morgan fingerprint density at radius 2 is 1.81 bits per heavy atom. The van der Waals surface area contributed by atoms with E-state index in [0.29, 0.717) is 10.8 Å². The van der Waals surface area contributed by atoms with Gasteiger partial charge in [0.15, 0.2) is 0 Å². The number of aryl methyl sites for hydroxylation is 1. The molecule has 2 heterocycles. The second-order valence-electron chi connectivity index (χ2n) is 9.03. The van der Waals surface area contributed by atoms with Gasteiger partial charge in [0.25, 0.3) is 10.0 Å². The fraction of sp³-hybridized carbons (Fsp3) is 0.480. The molecule has 3 aromatic rings. The molecule has 0 unspecified atom stereocenters. The first-order valence-electron chi connectivity index (χ1n) is 11.7. The van der Waals surface area contributed by atoms with Gasteiger partial charge in [-0.3, -0.25) is 8.99 Å². The van der Waals surface area contributed by atoms with Crippen LogP contribution >= 0.6 is 0 Å². The second-order valence-corrected chi connectivity index (χ2v) is 10.8. The number of rotatable bonds is 7. The Kier molecular flexibility index (Phi) is 5.95. The maximum absolute atomic E-state index is 13.8. The van der Waals surface area contributed by atoms with E-state index in [-0.39, 0.29) is 6.04 Å². The van der Waals surface area contributed by atoms with Gasteiger partial charge in [0, 0.05) is 37.4 Å². The van der Waals surface area contributed by atoms with Crippen molar-refractivity contribution in [1.29, 1.82) is 0 Å². The van der Waals surface area contributed by atoms with Crippen molar-refractivity contribution in [2.75, 3.05) is 17.5 Å². The van der Waals surface area contributed by atoms with Crippen LogP contribution in [0.15, 0.2) is 53.6 Å². The fourth-order valence-electron chi connectivity index (χ4n) is 4.66. The van der Waals surface area contributed by atoms with Crippen molar-refractivity contribution in [3.63, 3.8) is 0 Å². The van der Waals surface area contributed by atoms with E-state index >= 15 is 0 Å². The number of aromatic nitrogens is 2. The summed E-state index contributed by atoms with van der Waals surface area (Å²) in [5.74, 6) is 0.557. The Labute approximate surface area is 190 Å². The zero-order valence-electron chi connectivity index (χ0n) is 18.6. The molecule has 1 aliphatic heterocycles. The first-order valence-corrected chi connectivity index (χ1v) is 13.2. The maximum atomic E-state index is 13.8. The lowest BCUT2D eigenvalue weighted by molar-refractivity contribution is 0.0602. The summed E-state index contributed by atoms with van der Waals surface area (Å²) in [5, 5.41) is 5.55. The van der Waals surface area contributed by atoms with Crippen molar-refractivity contribution in [2.45, 2.75) is 62.9 Å². The number of hydrogen-bond acceptors (Lipinski definition) is 4.